The highest BCUT2D eigenvalue weighted by Crippen LogP contribution is 2.16. The Morgan fingerprint density at radius 3 is 2.70 bits per heavy atom. The molecule has 1 aromatic carbocycles. The van der Waals surface area contributed by atoms with Gasteiger partial charge in [0.05, 0.1) is 6.54 Å². The van der Waals surface area contributed by atoms with Crippen LogP contribution in [0.25, 0.3) is 0 Å². The summed E-state index contributed by atoms with van der Waals surface area (Å²) in [5.41, 5.74) is 13.8. The zero-order valence-electron chi connectivity index (χ0n) is 11.4. The molecule has 5 nitrogen and oxygen atoms in total. The van der Waals surface area contributed by atoms with E-state index in [1.54, 1.807) is 6.20 Å². The summed E-state index contributed by atoms with van der Waals surface area (Å²) in [7, 11) is 0. The number of nitrogen functional groups attached to an aromatic ring is 1. The molecule has 4 N–H and O–H groups in total. The number of carbonyl (C=O) groups is 1. The lowest BCUT2D eigenvalue weighted by atomic mass is 10.2. The molecule has 0 atom stereocenters. The molecular formula is C15H18N4O. The fourth-order valence-electron chi connectivity index (χ4n) is 1.96. The SMILES string of the molecule is Cc1ccc(N(CC(N)=O)Cc2cccc(N)c2)nc1. The lowest BCUT2D eigenvalue weighted by molar-refractivity contribution is -0.116. The highest BCUT2D eigenvalue weighted by molar-refractivity contribution is 5.79. The van der Waals surface area contributed by atoms with Crippen LogP contribution in [0.3, 0.4) is 0 Å². The van der Waals surface area contributed by atoms with E-state index < -0.39 is 5.91 Å². The lowest BCUT2D eigenvalue weighted by Crippen LogP contribution is -2.33. The molecule has 0 aliphatic rings. The topological polar surface area (TPSA) is 85.2 Å². The molecule has 0 unspecified atom stereocenters. The maximum absolute atomic E-state index is 11.2. The normalized spacial score (nSPS) is 10.2. The number of hydrogen-bond acceptors (Lipinski definition) is 4. The van der Waals surface area contributed by atoms with Gasteiger partial charge in [0.2, 0.25) is 5.91 Å². The first-order valence-electron chi connectivity index (χ1n) is 6.35. The van der Waals surface area contributed by atoms with E-state index in [4.69, 9.17) is 11.5 Å². The number of aryl methyl sites for hydroxylation is 1. The maximum atomic E-state index is 11.2. The number of amides is 1. The lowest BCUT2D eigenvalue weighted by Gasteiger charge is -2.22. The van der Waals surface area contributed by atoms with E-state index in [1.165, 1.54) is 0 Å². The van der Waals surface area contributed by atoms with Crippen molar-refractivity contribution in [1.82, 2.24) is 4.98 Å². The van der Waals surface area contributed by atoms with E-state index in [1.807, 2.05) is 48.2 Å². The van der Waals surface area contributed by atoms with Crippen molar-refractivity contribution in [2.24, 2.45) is 5.73 Å². The quantitative estimate of drug-likeness (QED) is 0.805. The van der Waals surface area contributed by atoms with Gasteiger partial charge in [0, 0.05) is 18.4 Å². The summed E-state index contributed by atoms with van der Waals surface area (Å²) in [6.45, 7) is 2.61. The Balaban J connectivity index is 2.23. The Kier molecular flexibility index (Phi) is 4.20. The molecule has 1 aromatic heterocycles. The summed E-state index contributed by atoms with van der Waals surface area (Å²) < 4.78 is 0. The minimum absolute atomic E-state index is 0.116. The van der Waals surface area contributed by atoms with Gasteiger partial charge in [0.25, 0.3) is 0 Å². The molecule has 20 heavy (non-hydrogen) atoms. The van der Waals surface area contributed by atoms with E-state index in [0.717, 1.165) is 16.9 Å². The fraction of sp³-hybridized carbons (Fsp3) is 0.200. The summed E-state index contributed by atoms with van der Waals surface area (Å²) in [6.07, 6.45) is 1.77. The predicted molar refractivity (Wildman–Crippen MR) is 80.1 cm³/mol. The van der Waals surface area contributed by atoms with Crippen LogP contribution in [-0.4, -0.2) is 17.4 Å². The summed E-state index contributed by atoms with van der Waals surface area (Å²) in [4.78, 5) is 17.4. The van der Waals surface area contributed by atoms with Crippen LogP contribution in [0, 0.1) is 6.92 Å². The van der Waals surface area contributed by atoms with E-state index in [-0.39, 0.29) is 6.54 Å². The first-order valence-corrected chi connectivity index (χ1v) is 6.35. The van der Waals surface area contributed by atoms with Gasteiger partial charge in [-0.2, -0.15) is 0 Å². The Morgan fingerprint density at radius 1 is 1.30 bits per heavy atom. The molecule has 0 saturated heterocycles. The van der Waals surface area contributed by atoms with E-state index in [0.29, 0.717) is 12.2 Å². The Bertz CT molecular complexity index is 595. The molecule has 2 aromatic rings. The molecule has 0 bridgehead atoms. The van der Waals surface area contributed by atoms with Crippen molar-refractivity contribution >= 4 is 17.4 Å². The number of primary amides is 1. The molecule has 0 radical (unpaired) electrons. The zero-order valence-corrected chi connectivity index (χ0v) is 11.4. The number of pyridine rings is 1. The third kappa shape index (κ3) is 3.71. The standard InChI is InChI=1S/C15H18N4O/c1-11-5-6-15(18-8-11)19(10-14(17)20)9-12-3-2-4-13(16)7-12/h2-8H,9-10,16H2,1H3,(H2,17,20). The monoisotopic (exact) mass is 270 g/mol. The largest absolute Gasteiger partial charge is 0.399 e. The van der Waals surface area contributed by atoms with Crippen LogP contribution < -0.4 is 16.4 Å². The molecule has 0 aliphatic heterocycles. The second-order valence-electron chi connectivity index (χ2n) is 4.76. The number of aromatic nitrogens is 1. The highest BCUT2D eigenvalue weighted by Gasteiger charge is 2.11. The van der Waals surface area contributed by atoms with Gasteiger partial charge in [-0.25, -0.2) is 4.98 Å². The molecule has 104 valence electrons. The maximum Gasteiger partial charge on any atom is 0.237 e. The molecule has 0 fully saturated rings. The number of anilines is 2. The number of nitrogens with two attached hydrogens (primary N) is 2. The Labute approximate surface area is 118 Å². The van der Waals surface area contributed by atoms with Crippen LogP contribution in [0.4, 0.5) is 11.5 Å². The average Bonchev–Trinajstić information content (AvgIpc) is 2.38. The van der Waals surface area contributed by atoms with Gasteiger partial charge in [0.15, 0.2) is 0 Å². The van der Waals surface area contributed by atoms with Gasteiger partial charge < -0.3 is 16.4 Å². The molecule has 5 heteroatoms. The van der Waals surface area contributed by atoms with Crippen molar-refractivity contribution in [3.63, 3.8) is 0 Å². The van der Waals surface area contributed by atoms with E-state index in [9.17, 15) is 4.79 Å². The molecule has 0 spiro atoms. The summed E-state index contributed by atoms with van der Waals surface area (Å²) >= 11 is 0. The van der Waals surface area contributed by atoms with Gasteiger partial charge in [-0.1, -0.05) is 18.2 Å². The third-order valence-corrected chi connectivity index (χ3v) is 2.89. The number of nitrogens with zero attached hydrogens (tertiary/aromatic N) is 2. The highest BCUT2D eigenvalue weighted by atomic mass is 16.1. The van der Waals surface area contributed by atoms with Crippen molar-refractivity contribution in [1.29, 1.82) is 0 Å². The summed E-state index contributed by atoms with van der Waals surface area (Å²) in [5.74, 6) is 0.327. The first kappa shape index (κ1) is 13.9. The van der Waals surface area contributed by atoms with Gasteiger partial charge in [-0.3, -0.25) is 4.79 Å². The van der Waals surface area contributed by atoms with Crippen molar-refractivity contribution in [3.05, 3.63) is 53.7 Å². The molecule has 2 rings (SSSR count). The van der Waals surface area contributed by atoms with Crippen molar-refractivity contribution in [3.8, 4) is 0 Å². The van der Waals surface area contributed by atoms with E-state index >= 15 is 0 Å². The number of benzene rings is 1. The van der Waals surface area contributed by atoms with Crippen LogP contribution in [0.5, 0.6) is 0 Å². The summed E-state index contributed by atoms with van der Waals surface area (Å²) in [5, 5.41) is 0. The van der Waals surface area contributed by atoms with Crippen LogP contribution in [0.2, 0.25) is 0 Å². The molecule has 0 aliphatic carbocycles. The van der Waals surface area contributed by atoms with Crippen LogP contribution in [-0.2, 0) is 11.3 Å². The minimum Gasteiger partial charge on any atom is -0.399 e. The van der Waals surface area contributed by atoms with Crippen LogP contribution in [0.15, 0.2) is 42.6 Å². The molecule has 1 amide bonds. The van der Waals surface area contributed by atoms with Gasteiger partial charge in [-0.05, 0) is 36.2 Å². The van der Waals surface area contributed by atoms with Crippen LogP contribution in [0.1, 0.15) is 11.1 Å². The van der Waals surface area contributed by atoms with Crippen molar-refractivity contribution in [2.45, 2.75) is 13.5 Å². The van der Waals surface area contributed by atoms with Gasteiger partial charge >= 0.3 is 0 Å². The Morgan fingerprint density at radius 2 is 2.10 bits per heavy atom. The summed E-state index contributed by atoms with van der Waals surface area (Å²) in [6, 6.07) is 11.4. The first-order chi connectivity index (χ1) is 9.54. The van der Waals surface area contributed by atoms with Crippen molar-refractivity contribution < 1.29 is 4.79 Å². The third-order valence-electron chi connectivity index (χ3n) is 2.89. The number of rotatable bonds is 5. The Hall–Kier alpha value is -2.56. The van der Waals surface area contributed by atoms with Gasteiger partial charge in [0.1, 0.15) is 5.82 Å². The van der Waals surface area contributed by atoms with Gasteiger partial charge in [-0.15, -0.1) is 0 Å². The van der Waals surface area contributed by atoms with Crippen molar-refractivity contribution in [2.75, 3.05) is 17.2 Å². The second-order valence-corrected chi connectivity index (χ2v) is 4.76. The predicted octanol–water partition coefficient (Wildman–Crippen LogP) is 1.46. The van der Waals surface area contributed by atoms with Crippen LogP contribution >= 0.6 is 0 Å². The minimum atomic E-state index is -0.392. The average molecular weight is 270 g/mol. The molecule has 1 heterocycles. The smallest absolute Gasteiger partial charge is 0.237 e. The fourth-order valence-corrected chi connectivity index (χ4v) is 1.96. The number of carbonyl (C=O) groups excluding carboxylic acids is 1. The molecular weight excluding hydrogens is 252 g/mol. The van der Waals surface area contributed by atoms with E-state index in [2.05, 4.69) is 4.98 Å². The zero-order chi connectivity index (χ0) is 14.5. The number of hydrogen-bond donors (Lipinski definition) is 2. The molecule has 0 saturated carbocycles. The second kappa shape index (κ2) is 6.06.